The van der Waals surface area contributed by atoms with Crippen LogP contribution >= 0.6 is 24.0 Å². The van der Waals surface area contributed by atoms with E-state index in [1.165, 1.54) is 22.3 Å². The zero-order valence-electron chi connectivity index (χ0n) is 13.1. The fourth-order valence-electron chi connectivity index (χ4n) is 4.47. The molecule has 0 heterocycles. The third-order valence-electron chi connectivity index (χ3n) is 5.45. The molecule has 118 valence electrons. The number of aliphatic hydroxyl groups excluding tert-OH is 1. The molecule has 1 N–H and O–H groups in total. The molecule has 3 heteroatoms. The fourth-order valence-corrected chi connectivity index (χ4v) is 4.97. The Kier molecular flexibility index (Phi) is 4.04. The number of rotatable bonds is 3. The summed E-state index contributed by atoms with van der Waals surface area (Å²) in [6.07, 6.45) is 3.28. The van der Waals surface area contributed by atoms with Crippen LogP contribution in [0.5, 0.6) is 0 Å². The molecule has 3 aliphatic rings. The molecule has 2 aromatic rings. The molecular formula is C20H20OS2. The fraction of sp³-hybridized carbons (Fsp3) is 0.350. The Balaban J connectivity index is 1.78. The summed E-state index contributed by atoms with van der Waals surface area (Å²) in [6.45, 7) is 0. The predicted molar refractivity (Wildman–Crippen MR) is 101 cm³/mol. The summed E-state index contributed by atoms with van der Waals surface area (Å²) in [5, 5.41) is 10.8. The van der Waals surface area contributed by atoms with Crippen LogP contribution in [0.2, 0.25) is 0 Å². The van der Waals surface area contributed by atoms with E-state index >= 15 is 0 Å². The average molecular weight is 341 g/mol. The second-order valence-corrected chi connectivity index (χ2v) is 8.19. The van der Waals surface area contributed by atoms with Crippen LogP contribution in [0.3, 0.4) is 0 Å². The van der Waals surface area contributed by atoms with Gasteiger partial charge in [0.05, 0.1) is 10.3 Å². The van der Waals surface area contributed by atoms with E-state index in [-0.39, 0.29) is 12.0 Å². The van der Waals surface area contributed by atoms with Crippen LogP contribution in [-0.2, 0) is 0 Å². The number of hydrogen-bond donors (Lipinski definition) is 1. The molecule has 2 atom stereocenters. The summed E-state index contributed by atoms with van der Waals surface area (Å²) in [4.78, 5) is 0. The molecular weight excluding hydrogens is 320 g/mol. The van der Waals surface area contributed by atoms with Crippen molar-refractivity contribution in [1.29, 1.82) is 0 Å². The predicted octanol–water partition coefficient (Wildman–Crippen LogP) is 4.73. The van der Waals surface area contributed by atoms with Gasteiger partial charge in [-0.15, -0.1) is 11.8 Å². The van der Waals surface area contributed by atoms with E-state index in [1.807, 2.05) is 6.26 Å². The summed E-state index contributed by atoms with van der Waals surface area (Å²) in [5.74, 6) is 0.969. The number of benzene rings is 2. The smallest absolute Gasteiger partial charge is 0.0631 e. The normalized spacial score (nSPS) is 25.6. The maximum atomic E-state index is 10.8. The van der Waals surface area contributed by atoms with Crippen molar-refractivity contribution in [2.45, 2.75) is 30.8 Å². The van der Waals surface area contributed by atoms with Gasteiger partial charge in [-0.3, -0.25) is 0 Å². The Morgan fingerprint density at radius 2 is 1.61 bits per heavy atom. The highest BCUT2D eigenvalue weighted by molar-refractivity contribution is 8.22. The molecule has 0 fully saturated rings. The van der Waals surface area contributed by atoms with Gasteiger partial charge in [-0.2, -0.15) is 0 Å². The standard InChI is InChI=1S/C20H20OS2/c1-23-19(22)11-18(21)17-10-16-12-6-2-4-8-14(12)20(17)15-9-5-3-7-13(15)16/h2-9,16-18,20-21H,10-11H2,1H3/t16?,17-,18?,20?/m0/s1. The van der Waals surface area contributed by atoms with Crippen molar-refractivity contribution in [2.24, 2.45) is 5.92 Å². The Morgan fingerprint density at radius 3 is 2.13 bits per heavy atom. The molecule has 3 aliphatic carbocycles. The van der Waals surface area contributed by atoms with E-state index in [4.69, 9.17) is 12.2 Å². The molecule has 1 nitrogen and oxygen atoms in total. The van der Waals surface area contributed by atoms with Crippen molar-refractivity contribution in [3.8, 4) is 0 Å². The first kappa shape index (κ1) is 15.4. The first-order valence-corrected chi connectivity index (χ1v) is 9.76. The molecule has 0 radical (unpaired) electrons. The molecule has 2 aromatic carbocycles. The Bertz CT molecular complexity index is 707. The minimum Gasteiger partial charge on any atom is -0.392 e. The van der Waals surface area contributed by atoms with Crippen molar-refractivity contribution >= 4 is 28.2 Å². The molecule has 2 bridgehead atoms. The SMILES string of the molecule is CSC(=S)CC(O)[C@@H]1CC2c3ccccc3C1c1ccccc12. The molecule has 0 aromatic heterocycles. The third kappa shape index (κ3) is 2.46. The Labute approximate surface area is 147 Å². The quantitative estimate of drug-likeness (QED) is 0.816. The zero-order chi connectivity index (χ0) is 16.0. The highest BCUT2D eigenvalue weighted by atomic mass is 32.2. The zero-order valence-corrected chi connectivity index (χ0v) is 14.7. The molecule has 0 aliphatic heterocycles. The second-order valence-electron chi connectivity index (χ2n) is 6.54. The summed E-state index contributed by atoms with van der Waals surface area (Å²) in [7, 11) is 0. The van der Waals surface area contributed by atoms with Crippen molar-refractivity contribution in [3.05, 3.63) is 70.8 Å². The van der Waals surface area contributed by atoms with Gasteiger partial charge in [-0.1, -0.05) is 60.7 Å². The van der Waals surface area contributed by atoms with Crippen molar-refractivity contribution in [3.63, 3.8) is 0 Å². The van der Waals surface area contributed by atoms with E-state index in [0.717, 1.165) is 10.6 Å². The van der Waals surface area contributed by atoms with Crippen LogP contribution in [0.1, 0.15) is 46.9 Å². The number of fused-ring (bicyclic) bond motifs is 1. The second kappa shape index (κ2) is 6.04. The topological polar surface area (TPSA) is 20.2 Å². The van der Waals surface area contributed by atoms with Crippen molar-refractivity contribution in [1.82, 2.24) is 0 Å². The molecule has 0 spiro atoms. The van der Waals surface area contributed by atoms with Gasteiger partial charge in [0.25, 0.3) is 0 Å². The molecule has 0 saturated heterocycles. The van der Waals surface area contributed by atoms with Crippen LogP contribution in [0.15, 0.2) is 48.5 Å². The van der Waals surface area contributed by atoms with Crippen molar-refractivity contribution < 1.29 is 5.11 Å². The maximum Gasteiger partial charge on any atom is 0.0631 e. The number of hydrogen-bond acceptors (Lipinski definition) is 3. The van der Waals surface area contributed by atoms with Crippen molar-refractivity contribution in [2.75, 3.05) is 6.26 Å². The van der Waals surface area contributed by atoms with Crippen LogP contribution in [-0.4, -0.2) is 21.7 Å². The summed E-state index contributed by atoms with van der Waals surface area (Å²) >= 11 is 6.93. The van der Waals surface area contributed by atoms with Gasteiger partial charge in [-0.05, 0) is 40.8 Å². The van der Waals surface area contributed by atoms with Crippen LogP contribution in [0.25, 0.3) is 0 Å². The molecule has 1 unspecified atom stereocenters. The lowest BCUT2D eigenvalue weighted by molar-refractivity contribution is 0.0880. The van der Waals surface area contributed by atoms with Gasteiger partial charge in [0.2, 0.25) is 0 Å². The van der Waals surface area contributed by atoms with E-state index in [9.17, 15) is 5.11 Å². The number of thiocarbonyl (C=S) groups is 1. The third-order valence-corrected chi connectivity index (χ3v) is 6.74. The maximum absolute atomic E-state index is 10.8. The minimum absolute atomic E-state index is 0.259. The molecule has 5 rings (SSSR count). The lowest BCUT2D eigenvalue weighted by atomic mass is 9.58. The monoisotopic (exact) mass is 340 g/mol. The summed E-state index contributed by atoms with van der Waals surface area (Å²) in [5.41, 5.74) is 5.71. The number of aliphatic hydroxyl groups is 1. The lowest BCUT2D eigenvalue weighted by Gasteiger charge is -2.47. The van der Waals surface area contributed by atoms with Gasteiger partial charge in [0.15, 0.2) is 0 Å². The van der Waals surface area contributed by atoms with Gasteiger partial charge >= 0.3 is 0 Å². The molecule has 0 saturated carbocycles. The first-order valence-electron chi connectivity index (χ1n) is 8.13. The molecule has 0 amide bonds. The number of thioether (sulfide) groups is 1. The highest BCUT2D eigenvalue weighted by Crippen LogP contribution is 2.56. The summed E-state index contributed by atoms with van der Waals surface area (Å²) < 4.78 is 0.903. The highest BCUT2D eigenvalue weighted by Gasteiger charge is 2.45. The lowest BCUT2D eigenvalue weighted by Crippen LogP contribution is -2.38. The van der Waals surface area contributed by atoms with E-state index in [1.54, 1.807) is 11.8 Å². The Hall–Kier alpha value is -1.16. The van der Waals surface area contributed by atoms with Crippen LogP contribution in [0, 0.1) is 5.92 Å². The summed E-state index contributed by atoms with van der Waals surface area (Å²) in [6, 6.07) is 17.5. The van der Waals surface area contributed by atoms with Gasteiger partial charge < -0.3 is 5.11 Å². The van der Waals surface area contributed by atoms with Gasteiger partial charge in [0, 0.05) is 18.3 Å². The first-order chi connectivity index (χ1) is 11.2. The van der Waals surface area contributed by atoms with Gasteiger partial charge in [0.1, 0.15) is 0 Å². The van der Waals surface area contributed by atoms with E-state index < -0.39 is 0 Å². The van der Waals surface area contributed by atoms with Crippen LogP contribution < -0.4 is 0 Å². The Morgan fingerprint density at radius 1 is 1.09 bits per heavy atom. The largest absolute Gasteiger partial charge is 0.392 e. The van der Waals surface area contributed by atoms with E-state index in [2.05, 4.69) is 48.5 Å². The minimum atomic E-state index is -0.357. The molecule has 23 heavy (non-hydrogen) atoms. The van der Waals surface area contributed by atoms with E-state index in [0.29, 0.717) is 18.3 Å². The van der Waals surface area contributed by atoms with Gasteiger partial charge in [-0.25, -0.2) is 0 Å². The van der Waals surface area contributed by atoms with Crippen LogP contribution in [0.4, 0.5) is 0 Å². The average Bonchev–Trinajstić information content (AvgIpc) is 2.61.